The normalized spacial score (nSPS) is 17.1. The Morgan fingerprint density at radius 2 is 2.33 bits per heavy atom. The number of rotatable bonds is 5. The van der Waals surface area contributed by atoms with E-state index in [1.54, 1.807) is 0 Å². The Bertz CT molecular complexity index is 703. The maximum Gasteiger partial charge on any atom is 0.315 e. The fraction of sp³-hybridized carbons (Fsp3) is 0.412. The second kappa shape index (κ2) is 7.57. The number of halogens is 1. The number of hydrogen-bond acceptors (Lipinski definition) is 4. The van der Waals surface area contributed by atoms with Gasteiger partial charge in [0.25, 0.3) is 0 Å². The van der Waals surface area contributed by atoms with Gasteiger partial charge in [0.1, 0.15) is 0 Å². The molecule has 2 amide bonds. The maximum atomic E-state index is 12.0. The summed E-state index contributed by atoms with van der Waals surface area (Å²) in [7, 11) is 0. The molecule has 1 saturated heterocycles. The fourth-order valence-corrected chi connectivity index (χ4v) is 2.98. The molecule has 6 nitrogen and oxygen atoms in total. The average molecular weight is 349 g/mol. The number of carbonyl (C=O) groups is 1. The Labute approximate surface area is 146 Å². The second-order valence-corrected chi connectivity index (χ2v) is 6.31. The van der Waals surface area contributed by atoms with Crippen LogP contribution in [0.15, 0.2) is 34.9 Å². The third-order valence-electron chi connectivity index (χ3n) is 4.09. The molecule has 0 radical (unpaired) electrons. The number of benzene rings is 1. The van der Waals surface area contributed by atoms with Crippen LogP contribution in [-0.4, -0.2) is 30.3 Å². The minimum atomic E-state index is -0.192. The van der Waals surface area contributed by atoms with Crippen LogP contribution in [-0.2, 0) is 13.0 Å². The zero-order valence-corrected chi connectivity index (χ0v) is 14.3. The number of nitrogens with one attached hydrogen (secondary N) is 2. The van der Waals surface area contributed by atoms with Crippen LogP contribution >= 0.6 is 11.6 Å². The van der Waals surface area contributed by atoms with E-state index in [0.29, 0.717) is 12.3 Å². The molecule has 2 N–H and O–H groups in total. The summed E-state index contributed by atoms with van der Waals surface area (Å²) >= 11 is 6.04. The van der Waals surface area contributed by atoms with Crippen molar-refractivity contribution in [1.29, 1.82) is 0 Å². The molecule has 0 aliphatic carbocycles. The van der Waals surface area contributed by atoms with Crippen molar-refractivity contribution in [3.8, 4) is 0 Å². The highest BCUT2D eigenvalue weighted by Gasteiger charge is 2.24. The first-order valence-corrected chi connectivity index (χ1v) is 8.51. The van der Waals surface area contributed by atoms with Crippen LogP contribution in [0.2, 0.25) is 5.02 Å². The van der Waals surface area contributed by atoms with E-state index in [9.17, 15) is 4.79 Å². The van der Waals surface area contributed by atoms with Gasteiger partial charge in [0.15, 0.2) is 5.76 Å². The van der Waals surface area contributed by atoms with Crippen LogP contribution in [0.5, 0.6) is 0 Å². The van der Waals surface area contributed by atoms with E-state index in [-0.39, 0.29) is 12.1 Å². The number of nitrogens with zero attached hydrogens (tertiary/aromatic N) is 2. The summed E-state index contributed by atoms with van der Waals surface area (Å²) < 4.78 is 5.15. The quantitative estimate of drug-likeness (QED) is 0.871. The van der Waals surface area contributed by atoms with Gasteiger partial charge in [0.2, 0.25) is 0 Å². The Morgan fingerprint density at radius 1 is 1.46 bits per heavy atom. The van der Waals surface area contributed by atoms with E-state index in [2.05, 4.69) is 20.7 Å². The maximum absolute atomic E-state index is 12.0. The average Bonchev–Trinajstić information content (AvgIpc) is 3.22. The molecular weight excluding hydrogens is 328 g/mol. The van der Waals surface area contributed by atoms with E-state index < -0.39 is 0 Å². The van der Waals surface area contributed by atoms with Crippen molar-refractivity contribution in [2.24, 2.45) is 0 Å². The summed E-state index contributed by atoms with van der Waals surface area (Å²) in [5, 5.41) is 10.4. The SMILES string of the molecule is CCc1cc(CNC(=O)N[C@H]2CCN(c3cccc(Cl)c3)C2)on1. The number of urea groups is 1. The predicted molar refractivity (Wildman–Crippen MR) is 93.3 cm³/mol. The highest BCUT2D eigenvalue weighted by atomic mass is 35.5. The van der Waals surface area contributed by atoms with E-state index >= 15 is 0 Å². The molecule has 2 heterocycles. The van der Waals surface area contributed by atoms with Crippen LogP contribution in [0.1, 0.15) is 24.8 Å². The summed E-state index contributed by atoms with van der Waals surface area (Å²) in [6.45, 7) is 4.01. The van der Waals surface area contributed by atoms with E-state index in [1.165, 1.54) is 0 Å². The van der Waals surface area contributed by atoms with Crippen molar-refractivity contribution in [2.75, 3.05) is 18.0 Å². The van der Waals surface area contributed by atoms with Crippen molar-refractivity contribution in [2.45, 2.75) is 32.4 Å². The molecule has 0 spiro atoms. The van der Waals surface area contributed by atoms with Gasteiger partial charge in [-0.25, -0.2) is 4.79 Å². The van der Waals surface area contributed by atoms with Crippen LogP contribution < -0.4 is 15.5 Å². The van der Waals surface area contributed by atoms with Gasteiger partial charge in [0, 0.05) is 35.9 Å². The molecule has 7 heteroatoms. The van der Waals surface area contributed by atoms with Crippen LogP contribution in [0.3, 0.4) is 0 Å². The summed E-state index contributed by atoms with van der Waals surface area (Å²) in [6.07, 6.45) is 1.72. The zero-order chi connectivity index (χ0) is 16.9. The first-order valence-electron chi connectivity index (χ1n) is 8.13. The third-order valence-corrected chi connectivity index (χ3v) is 4.33. The lowest BCUT2D eigenvalue weighted by molar-refractivity contribution is 0.235. The number of aromatic nitrogens is 1. The van der Waals surface area contributed by atoms with Gasteiger partial charge in [-0.3, -0.25) is 0 Å². The minimum Gasteiger partial charge on any atom is -0.369 e. The molecule has 128 valence electrons. The molecule has 1 aliphatic rings. The number of aryl methyl sites for hydroxylation is 1. The standard InChI is InChI=1S/C17H21ClN4O2/c1-2-13-9-16(24-21-13)10-19-17(23)20-14-6-7-22(11-14)15-5-3-4-12(18)8-15/h3-5,8-9,14H,2,6-7,10-11H2,1H3,(H2,19,20,23)/t14-/m0/s1. The van der Waals surface area contributed by atoms with Gasteiger partial charge < -0.3 is 20.1 Å². The fourth-order valence-electron chi connectivity index (χ4n) is 2.79. The molecule has 0 bridgehead atoms. The Kier molecular flexibility index (Phi) is 5.25. The molecule has 2 aromatic rings. The first-order chi connectivity index (χ1) is 11.6. The van der Waals surface area contributed by atoms with Gasteiger partial charge in [0.05, 0.1) is 12.2 Å². The summed E-state index contributed by atoms with van der Waals surface area (Å²) in [4.78, 5) is 14.2. The lowest BCUT2D eigenvalue weighted by Crippen LogP contribution is -2.43. The van der Waals surface area contributed by atoms with Crippen LogP contribution in [0.4, 0.5) is 10.5 Å². The van der Waals surface area contributed by atoms with Crippen molar-refractivity contribution in [3.63, 3.8) is 0 Å². The van der Waals surface area contributed by atoms with Gasteiger partial charge in [-0.15, -0.1) is 0 Å². The van der Waals surface area contributed by atoms with E-state index in [0.717, 1.165) is 42.3 Å². The van der Waals surface area contributed by atoms with Gasteiger partial charge in [-0.1, -0.05) is 29.7 Å². The number of hydrogen-bond donors (Lipinski definition) is 2. The molecule has 1 aromatic heterocycles. The number of anilines is 1. The van der Waals surface area contributed by atoms with E-state index in [1.807, 2.05) is 37.3 Å². The Hall–Kier alpha value is -2.21. The van der Waals surface area contributed by atoms with E-state index in [4.69, 9.17) is 16.1 Å². The van der Waals surface area contributed by atoms with Crippen LogP contribution in [0.25, 0.3) is 0 Å². The molecule has 3 rings (SSSR count). The molecule has 1 aromatic carbocycles. The highest BCUT2D eigenvalue weighted by molar-refractivity contribution is 6.30. The van der Waals surface area contributed by atoms with Gasteiger partial charge in [-0.05, 0) is 31.0 Å². The largest absolute Gasteiger partial charge is 0.369 e. The number of carbonyl (C=O) groups excluding carboxylic acids is 1. The molecular formula is C17H21ClN4O2. The molecule has 0 saturated carbocycles. The molecule has 1 atom stereocenters. The summed E-state index contributed by atoms with van der Waals surface area (Å²) in [6, 6.07) is 9.55. The topological polar surface area (TPSA) is 70.4 Å². The zero-order valence-electron chi connectivity index (χ0n) is 13.6. The monoisotopic (exact) mass is 348 g/mol. The van der Waals surface area contributed by atoms with Gasteiger partial charge >= 0.3 is 6.03 Å². The van der Waals surface area contributed by atoms with Gasteiger partial charge in [-0.2, -0.15) is 0 Å². The summed E-state index contributed by atoms with van der Waals surface area (Å²) in [5.41, 5.74) is 1.97. The number of amides is 2. The highest BCUT2D eigenvalue weighted by Crippen LogP contribution is 2.23. The van der Waals surface area contributed by atoms with Crippen molar-refractivity contribution < 1.29 is 9.32 Å². The first kappa shape index (κ1) is 16.6. The summed E-state index contributed by atoms with van der Waals surface area (Å²) in [5.74, 6) is 0.661. The lowest BCUT2D eigenvalue weighted by atomic mass is 10.3. The second-order valence-electron chi connectivity index (χ2n) is 5.88. The Morgan fingerprint density at radius 3 is 3.08 bits per heavy atom. The Balaban J connectivity index is 1.45. The third kappa shape index (κ3) is 4.20. The predicted octanol–water partition coefficient (Wildman–Crippen LogP) is 2.97. The van der Waals surface area contributed by atoms with Crippen molar-refractivity contribution >= 4 is 23.3 Å². The molecule has 1 fully saturated rings. The molecule has 0 unspecified atom stereocenters. The molecule has 1 aliphatic heterocycles. The van der Waals surface area contributed by atoms with Crippen molar-refractivity contribution in [3.05, 3.63) is 46.8 Å². The smallest absolute Gasteiger partial charge is 0.315 e. The van der Waals surface area contributed by atoms with Crippen LogP contribution in [0, 0.1) is 0 Å². The lowest BCUT2D eigenvalue weighted by Gasteiger charge is -2.19. The minimum absolute atomic E-state index is 0.116. The molecule has 24 heavy (non-hydrogen) atoms. The van der Waals surface area contributed by atoms with Crippen molar-refractivity contribution in [1.82, 2.24) is 15.8 Å².